The van der Waals surface area contributed by atoms with E-state index in [4.69, 9.17) is 4.74 Å². The van der Waals surface area contributed by atoms with Gasteiger partial charge in [0.25, 0.3) is 0 Å². The third-order valence-electron chi connectivity index (χ3n) is 5.55. The minimum absolute atomic E-state index is 0.790. The summed E-state index contributed by atoms with van der Waals surface area (Å²) in [4.78, 5) is 4.49. The van der Waals surface area contributed by atoms with Gasteiger partial charge in [0.2, 0.25) is 0 Å². The predicted molar refractivity (Wildman–Crippen MR) is 127 cm³/mol. The van der Waals surface area contributed by atoms with Crippen LogP contribution in [-0.2, 0) is 7.05 Å². The molecule has 0 amide bonds. The first-order valence-corrected chi connectivity index (χ1v) is 10.7. The summed E-state index contributed by atoms with van der Waals surface area (Å²) in [5, 5.41) is 0. The molecule has 0 N–H and O–H groups in total. The maximum atomic E-state index is 6.23. The highest BCUT2D eigenvalue weighted by Gasteiger charge is 2.20. The molecular weight excluding hydrogens is 396 g/mol. The fraction of sp³-hybridized carbons (Fsp3) is 0.148. The lowest BCUT2D eigenvalue weighted by atomic mass is 10.1. The van der Waals surface area contributed by atoms with Gasteiger partial charge in [0, 0.05) is 25.0 Å². The first-order valence-electron chi connectivity index (χ1n) is 10.7. The van der Waals surface area contributed by atoms with E-state index in [1.165, 1.54) is 11.3 Å². The van der Waals surface area contributed by atoms with Crippen molar-refractivity contribution in [1.82, 2.24) is 9.58 Å². The molecule has 1 aromatic heterocycles. The van der Waals surface area contributed by atoms with E-state index in [9.17, 15) is 0 Å². The second kappa shape index (κ2) is 8.27. The average molecular weight is 423 g/mol. The Bertz CT molecular complexity index is 1280. The molecule has 0 aliphatic carbocycles. The Balaban J connectivity index is 1.38. The Hall–Kier alpha value is -3.99. The number of hydrogen-bond donors (Lipinski definition) is 0. The van der Waals surface area contributed by atoms with Gasteiger partial charge in [0.15, 0.2) is 0 Å². The molecule has 5 heteroatoms. The molecule has 5 rings (SSSR count). The molecule has 0 bridgehead atoms. The van der Waals surface area contributed by atoms with Crippen LogP contribution in [0.3, 0.4) is 0 Å². The zero-order chi connectivity index (χ0) is 22.1. The summed E-state index contributed by atoms with van der Waals surface area (Å²) >= 11 is 0. The molecule has 0 spiro atoms. The van der Waals surface area contributed by atoms with Gasteiger partial charge in [-0.3, -0.25) is 0 Å². The van der Waals surface area contributed by atoms with Crippen molar-refractivity contribution in [2.24, 2.45) is 7.05 Å². The summed E-state index contributed by atoms with van der Waals surface area (Å²) in [6.07, 6.45) is 7.56. The van der Waals surface area contributed by atoms with Gasteiger partial charge in [0.1, 0.15) is 23.4 Å². The second-order valence-electron chi connectivity index (χ2n) is 8.10. The Morgan fingerprint density at radius 2 is 1.62 bits per heavy atom. The van der Waals surface area contributed by atoms with E-state index in [0.717, 1.165) is 35.1 Å². The molecule has 2 heterocycles. The Morgan fingerprint density at radius 3 is 2.38 bits per heavy atom. The highest BCUT2D eigenvalue weighted by molar-refractivity contribution is 5.71. The highest BCUT2D eigenvalue weighted by Crippen LogP contribution is 2.31. The van der Waals surface area contributed by atoms with E-state index in [1.54, 1.807) is 0 Å². The topological polar surface area (TPSA) is 24.5 Å². The van der Waals surface area contributed by atoms with Crippen LogP contribution in [0.1, 0.15) is 11.1 Å². The van der Waals surface area contributed by atoms with Gasteiger partial charge in [-0.2, -0.15) is 4.68 Å². The third-order valence-corrected chi connectivity index (χ3v) is 5.55. The normalized spacial score (nSPS) is 13.4. The molecule has 0 fully saturated rings. The molecule has 0 unspecified atom stereocenters. The maximum Gasteiger partial charge on any atom is 0.150 e. The molecule has 1 aliphatic heterocycles. The van der Waals surface area contributed by atoms with Crippen molar-refractivity contribution in [3.63, 3.8) is 0 Å². The van der Waals surface area contributed by atoms with Crippen LogP contribution < -0.4 is 14.3 Å². The second-order valence-corrected chi connectivity index (χ2v) is 8.10. The number of benzene rings is 3. The highest BCUT2D eigenvalue weighted by atomic mass is 16.5. The number of rotatable bonds is 5. The molecule has 4 aromatic rings. The first kappa shape index (κ1) is 19.9. The van der Waals surface area contributed by atoms with Gasteiger partial charge in [0.05, 0.1) is 19.4 Å². The van der Waals surface area contributed by atoms with Crippen molar-refractivity contribution in [2.75, 3.05) is 18.6 Å². The number of aryl methyl sites for hydroxylation is 2. The number of ether oxygens (including phenoxy) is 1. The van der Waals surface area contributed by atoms with Crippen molar-refractivity contribution in [2.45, 2.75) is 6.92 Å². The minimum atomic E-state index is 0.790. The lowest BCUT2D eigenvalue weighted by Gasteiger charge is -2.20. The molecule has 32 heavy (non-hydrogen) atoms. The molecule has 1 aliphatic rings. The Morgan fingerprint density at radius 1 is 0.875 bits per heavy atom. The number of anilines is 1. The Kier molecular flexibility index (Phi) is 5.15. The Labute approximate surface area is 189 Å². The summed E-state index contributed by atoms with van der Waals surface area (Å²) < 4.78 is 10.2. The molecular formula is C27H26N4O. The van der Waals surface area contributed by atoms with Crippen LogP contribution in [0.4, 0.5) is 5.69 Å². The zero-order valence-corrected chi connectivity index (χ0v) is 18.6. The van der Waals surface area contributed by atoms with Gasteiger partial charge in [-0.15, -0.1) is 0 Å². The van der Waals surface area contributed by atoms with Crippen LogP contribution in [0, 0.1) is 13.1 Å². The lowest BCUT2D eigenvalue weighted by Crippen LogP contribution is -2.38. The number of nitrogens with zero attached hydrogens (tertiary/aromatic N) is 4. The fourth-order valence-electron chi connectivity index (χ4n) is 4.05. The van der Waals surface area contributed by atoms with Crippen molar-refractivity contribution >= 4 is 11.4 Å². The number of hydrogen-bond acceptors (Lipinski definition) is 3. The molecule has 160 valence electrons. The van der Waals surface area contributed by atoms with Crippen LogP contribution in [0.15, 0.2) is 91.3 Å². The average Bonchev–Trinajstić information content (AvgIpc) is 3.36. The van der Waals surface area contributed by atoms with Crippen LogP contribution in [0.5, 0.6) is 11.5 Å². The SMILES string of the molecule is Cc1[c-][n+](-c2cccc(Oc3cccc(N4C=C(c5ccccc5)N(C)C4)c3)c2)n(C)c1. The van der Waals surface area contributed by atoms with Crippen molar-refractivity contribution < 1.29 is 9.42 Å². The summed E-state index contributed by atoms with van der Waals surface area (Å²) in [7, 11) is 4.12. The minimum Gasteiger partial charge on any atom is -0.458 e. The summed E-state index contributed by atoms with van der Waals surface area (Å²) in [6.45, 7) is 2.83. The molecule has 0 saturated carbocycles. The third kappa shape index (κ3) is 3.97. The monoisotopic (exact) mass is 422 g/mol. The first-order chi connectivity index (χ1) is 15.6. The van der Waals surface area contributed by atoms with Crippen LogP contribution in [0.25, 0.3) is 11.4 Å². The smallest absolute Gasteiger partial charge is 0.150 e. The molecule has 5 nitrogen and oxygen atoms in total. The fourth-order valence-corrected chi connectivity index (χ4v) is 4.05. The molecule has 3 aromatic carbocycles. The molecule has 0 radical (unpaired) electrons. The predicted octanol–water partition coefficient (Wildman–Crippen LogP) is 4.91. The van der Waals surface area contributed by atoms with Gasteiger partial charge in [-0.1, -0.05) is 55.0 Å². The largest absolute Gasteiger partial charge is 0.458 e. The molecule has 0 atom stereocenters. The standard InChI is InChI=1S/C27H26N4O/c1-21-17-29(3)31(18-21)24-12-8-14-26(16-24)32-25-13-7-11-23(15-25)30-19-27(28(2)20-30)22-9-5-4-6-10-22/h4-17,19H,20H2,1-3H3. The molecule has 0 saturated heterocycles. The van der Waals surface area contributed by atoms with Crippen LogP contribution in [0.2, 0.25) is 0 Å². The van der Waals surface area contributed by atoms with Gasteiger partial charge < -0.3 is 14.5 Å². The quantitative estimate of drug-likeness (QED) is 0.337. The van der Waals surface area contributed by atoms with E-state index in [-0.39, 0.29) is 0 Å². The summed E-state index contributed by atoms with van der Waals surface area (Å²) in [6, 6.07) is 26.7. The van der Waals surface area contributed by atoms with Gasteiger partial charge in [-0.05, 0) is 42.1 Å². The van der Waals surface area contributed by atoms with Crippen molar-refractivity contribution in [3.8, 4) is 17.2 Å². The summed E-state index contributed by atoms with van der Waals surface area (Å²) in [5.74, 6) is 1.60. The van der Waals surface area contributed by atoms with Gasteiger partial charge in [-0.25, -0.2) is 4.68 Å². The number of aromatic nitrogens is 2. The van der Waals surface area contributed by atoms with Crippen molar-refractivity contribution in [3.05, 3.63) is 109 Å². The maximum absolute atomic E-state index is 6.23. The van der Waals surface area contributed by atoms with E-state index in [1.807, 2.05) is 65.9 Å². The van der Waals surface area contributed by atoms with E-state index < -0.39 is 0 Å². The lowest BCUT2D eigenvalue weighted by molar-refractivity contribution is -0.686. The van der Waals surface area contributed by atoms with E-state index >= 15 is 0 Å². The zero-order valence-electron chi connectivity index (χ0n) is 18.6. The van der Waals surface area contributed by atoms with Crippen LogP contribution >= 0.6 is 0 Å². The van der Waals surface area contributed by atoms with Gasteiger partial charge >= 0.3 is 0 Å². The van der Waals surface area contributed by atoms with E-state index in [2.05, 4.69) is 71.7 Å². The van der Waals surface area contributed by atoms with E-state index in [0.29, 0.717) is 0 Å². The van der Waals surface area contributed by atoms with Crippen molar-refractivity contribution in [1.29, 1.82) is 0 Å². The van der Waals surface area contributed by atoms with Crippen LogP contribution in [-0.4, -0.2) is 23.3 Å². The summed E-state index contributed by atoms with van der Waals surface area (Å²) in [5.41, 5.74) is 5.61.